The molecular weight excluding hydrogens is 451 g/mol. The largest absolute Gasteiger partial charge is 0.372 e. The number of nitrogens with zero attached hydrogens (tertiary/aromatic N) is 4. The highest BCUT2D eigenvalue weighted by molar-refractivity contribution is 5.82. The number of ether oxygens (including phenoxy) is 1. The number of halogens is 1. The Morgan fingerprint density at radius 2 is 1.80 bits per heavy atom. The summed E-state index contributed by atoms with van der Waals surface area (Å²) in [4.78, 5) is 31.4. The SMILES string of the molecule is C[C@@H]1CN(C(=O)[C@@H]2Cc3cc([N+](=O)[O-])ccc3N3CCN(Cc4ccc(F)cc4)C[C@@H]23)C[C@H](C)O1. The Hall–Kier alpha value is -3.04. The molecule has 1 amide bonds. The summed E-state index contributed by atoms with van der Waals surface area (Å²) in [6, 6.07) is 11.5. The van der Waals surface area contributed by atoms with Gasteiger partial charge in [0.05, 0.1) is 29.1 Å². The number of carbonyl (C=O) groups excluding carboxylic acids is 1. The van der Waals surface area contributed by atoms with Crippen molar-refractivity contribution in [2.24, 2.45) is 5.92 Å². The third-order valence-corrected chi connectivity index (χ3v) is 7.36. The van der Waals surface area contributed by atoms with Crippen molar-refractivity contribution in [3.05, 3.63) is 69.5 Å². The molecule has 3 aliphatic heterocycles. The first-order chi connectivity index (χ1) is 16.8. The Morgan fingerprint density at radius 1 is 1.09 bits per heavy atom. The van der Waals surface area contributed by atoms with Crippen molar-refractivity contribution >= 4 is 17.3 Å². The number of benzene rings is 2. The molecule has 4 atom stereocenters. The molecule has 5 rings (SSSR count). The molecule has 2 aromatic rings. The third kappa shape index (κ3) is 4.88. The lowest BCUT2D eigenvalue weighted by molar-refractivity contribution is -0.384. The lowest BCUT2D eigenvalue weighted by Gasteiger charge is -2.50. The molecule has 0 unspecified atom stereocenters. The zero-order chi connectivity index (χ0) is 24.7. The van der Waals surface area contributed by atoms with E-state index in [-0.39, 0.29) is 46.5 Å². The molecule has 35 heavy (non-hydrogen) atoms. The maximum Gasteiger partial charge on any atom is 0.269 e. The van der Waals surface area contributed by atoms with E-state index < -0.39 is 0 Å². The molecule has 2 saturated heterocycles. The summed E-state index contributed by atoms with van der Waals surface area (Å²) >= 11 is 0. The molecule has 3 heterocycles. The predicted molar refractivity (Wildman–Crippen MR) is 130 cm³/mol. The van der Waals surface area contributed by atoms with Crippen LogP contribution in [0.1, 0.15) is 25.0 Å². The Labute approximate surface area is 204 Å². The minimum Gasteiger partial charge on any atom is -0.372 e. The van der Waals surface area contributed by atoms with Crippen molar-refractivity contribution in [3.63, 3.8) is 0 Å². The van der Waals surface area contributed by atoms with E-state index in [4.69, 9.17) is 4.74 Å². The Kier molecular flexibility index (Phi) is 6.46. The van der Waals surface area contributed by atoms with Crippen LogP contribution in [0, 0.1) is 21.8 Å². The predicted octanol–water partition coefficient (Wildman–Crippen LogP) is 3.23. The molecule has 3 aliphatic rings. The molecule has 0 spiro atoms. The summed E-state index contributed by atoms with van der Waals surface area (Å²) in [5.74, 6) is -0.475. The van der Waals surface area contributed by atoms with Crippen molar-refractivity contribution in [2.45, 2.75) is 45.1 Å². The van der Waals surface area contributed by atoms with Gasteiger partial charge in [0.1, 0.15) is 5.82 Å². The molecule has 2 aromatic carbocycles. The number of rotatable bonds is 4. The van der Waals surface area contributed by atoms with Crippen LogP contribution < -0.4 is 4.90 Å². The molecule has 2 fully saturated rings. The highest BCUT2D eigenvalue weighted by atomic mass is 19.1. The number of nitro benzene ring substituents is 1. The van der Waals surface area contributed by atoms with Crippen molar-refractivity contribution in [1.82, 2.24) is 9.80 Å². The van der Waals surface area contributed by atoms with Crippen LogP contribution in [0.4, 0.5) is 15.8 Å². The van der Waals surface area contributed by atoms with Gasteiger partial charge in [-0.3, -0.25) is 19.8 Å². The first-order valence-electron chi connectivity index (χ1n) is 12.2. The van der Waals surface area contributed by atoms with Crippen LogP contribution in [0.15, 0.2) is 42.5 Å². The first-order valence-corrected chi connectivity index (χ1v) is 12.2. The van der Waals surface area contributed by atoms with Crippen molar-refractivity contribution in [3.8, 4) is 0 Å². The van der Waals surface area contributed by atoms with Crippen LogP contribution in [0.2, 0.25) is 0 Å². The second kappa shape index (κ2) is 9.54. The van der Waals surface area contributed by atoms with Gasteiger partial charge in [0.2, 0.25) is 5.91 Å². The normalized spacial score (nSPS) is 26.7. The first kappa shape index (κ1) is 23.7. The standard InChI is InChI=1S/C26H31FN4O4/c1-17-13-29(14-18(2)35-17)26(32)23-12-20-11-22(31(33)34)7-8-24(20)30-10-9-28(16-25(23)30)15-19-3-5-21(27)6-4-19/h3-8,11,17-18,23,25H,9-10,12-16H2,1-2H3/t17-,18+,23-,25+/m1/s1. The second-order valence-electron chi connectivity index (χ2n) is 10.0. The molecular formula is C26H31FN4O4. The summed E-state index contributed by atoms with van der Waals surface area (Å²) in [7, 11) is 0. The van der Waals surface area contributed by atoms with Gasteiger partial charge in [-0.15, -0.1) is 0 Å². The highest BCUT2D eigenvalue weighted by Gasteiger charge is 2.44. The zero-order valence-corrected chi connectivity index (χ0v) is 20.1. The number of nitro groups is 1. The third-order valence-electron chi connectivity index (χ3n) is 7.36. The Morgan fingerprint density at radius 3 is 2.49 bits per heavy atom. The van der Waals surface area contributed by atoms with E-state index in [1.807, 2.05) is 24.8 Å². The number of non-ortho nitro benzene ring substituents is 1. The quantitative estimate of drug-likeness (QED) is 0.492. The fourth-order valence-electron chi connectivity index (χ4n) is 5.85. The lowest BCUT2D eigenvalue weighted by atomic mass is 9.82. The minimum atomic E-state index is -0.380. The van der Waals surface area contributed by atoms with Gasteiger partial charge in [0.15, 0.2) is 0 Å². The lowest BCUT2D eigenvalue weighted by Crippen LogP contribution is -2.62. The average molecular weight is 483 g/mol. The van der Waals surface area contributed by atoms with Crippen LogP contribution in [-0.2, 0) is 22.5 Å². The zero-order valence-electron chi connectivity index (χ0n) is 20.1. The topological polar surface area (TPSA) is 79.2 Å². The summed E-state index contributed by atoms with van der Waals surface area (Å²) in [5, 5.41) is 11.4. The molecule has 0 bridgehead atoms. The van der Waals surface area contributed by atoms with Gasteiger partial charge in [-0.2, -0.15) is 0 Å². The Bertz CT molecular complexity index is 1100. The fraction of sp³-hybridized carbons (Fsp3) is 0.500. The molecule has 0 saturated carbocycles. The monoisotopic (exact) mass is 482 g/mol. The van der Waals surface area contributed by atoms with Crippen molar-refractivity contribution in [1.29, 1.82) is 0 Å². The average Bonchev–Trinajstić information content (AvgIpc) is 2.83. The molecule has 8 nitrogen and oxygen atoms in total. The van der Waals surface area contributed by atoms with Crippen molar-refractivity contribution < 1.29 is 18.8 Å². The van der Waals surface area contributed by atoms with Gasteiger partial charge in [0, 0.05) is 57.1 Å². The fourth-order valence-corrected chi connectivity index (χ4v) is 5.85. The van der Waals surface area contributed by atoms with Crippen LogP contribution in [0.3, 0.4) is 0 Å². The molecule has 0 aliphatic carbocycles. The minimum absolute atomic E-state index is 0.0305. The smallest absolute Gasteiger partial charge is 0.269 e. The summed E-state index contributed by atoms with van der Waals surface area (Å²) in [5.41, 5.74) is 2.92. The van der Waals surface area contributed by atoms with E-state index in [1.165, 1.54) is 12.1 Å². The van der Waals surface area contributed by atoms with E-state index in [2.05, 4.69) is 9.80 Å². The molecule has 9 heteroatoms. The number of anilines is 1. The maximum absolute atomic E-state index is 13.9. The van der Waals surface area contributed by atoms with Crippen LogP contribution >= 0.6 is 0 Å². The Balaban J connectivity index is 1.43. The van der Waals surface area contributed by atoms with Gasteiger partial charge in [-0.1, -0.05) is 12.1 Å². The highest BCUT2D eigenvalue weighted by Crippen LogP contribution is 2.39. The van der Waals surface area contributed by atoms with Gasteiger partial charge < -0.3 is 14.5 Å². The van der Waals surface area contributed by atoms with Gasteiger partial charge in [-0.05, 0) is 49.6 Å². The number of morpholine rings is 1. The molecule has 186 valence electrons. The van der Waals surface area contributed by atoms with E-state index in [1.54, 1.807) is 24.3 Å². The maximum atomic E-state index is 13.9. The van der Waals surface area contributed by atoms with E-state index in [9.17, 15) is 19.3 Å². The number of hydrogen-bond acceptors (Lipinski definition) is 6. The van der Waals surface area contributed by atoms with Gasteiger partial charge in [0.25, 0.3) is 5.69 Å². The van der Waals surface area contributed by atoms with Gasteiger partial charge >= 0.3 is 0 Å². The van der Waals surface area contributed by atoms with E-state index in [0.717, 1.165) is 29.9 Å². The number of carbonyl (C=O) groups is 1. The van der Waals surface area contributed by atoms with Crippen LogP contribution in [-0.4, -0.2) is 71.6 Å². The van der Waals surface area contributed by atoms with E-state index in [0.29, 0.717) is 32.6 Å². The van der Waals surface area contributed by atoms with E-state index >= 15 is 0 Å². The number of piperazine rings is 1. The summed E-state index contributed by atoms with van der Waals surface area (Å²) < 4.78 is 19.2. The van der Waals surface area contributed by atoms with Gasteiger partial charge in [-0.25, -0.2) is 4.39 Å². The number of fused-ring (bicyclic) bond motifs is 3. The summed E-state index contributed by atoms with van der Waals surface area (Å²) in [6.07, 6.45) is 0.413. The summed E-state index contributed by atoms with van der Waals surface area (Å²) in [6.45, 7) is 7.94. The molecule has 0 radical (unpaired) electrons. The van der Waals surface area contributed by atoms with Crippen LogP contribution in [0.5, 0.6) is 0 Å². The van der Waals surface area contributed by atoms with Crippen molar-refractivity contribution in [2.75, 3.05) is 37.6 Å². The van der Waals surface area contributed by atoms with Crippen LogP contribution in [0.25, 0.3) is 0 Å². The number of hydrogen-bond donors (Lipinski definition) is 0. The second-order valence-corrected chi connectivity index (χ2v) is 10.0. The number of amides is 1. The molecule has 0 N–H and O–H groups in total. The molecule has 0 aromatic heterocycles.